The molecular formula is C16H17NO5S. The number of carbonyl (C=O) groups is 1. The van der Waals surface area contributed by atoms with Gasteiger partial charge in [0.2, 0.25) is 5.91 Å². The number of aryl methyl sites for hydroxylation is 1. The van der Waals surface area contributed by atoms with Crippen molar-refractivity contribution in [3.63, 3.8) is 0 Å². The first-order valence-electron chi connectivity index (χ1n) is 6.78. The quantitative estimate of drug-likeness (QED) is 0.850. The van der Waals surface area contributed by atoms with Crippen LogP contribution in [-0.2, 0) is 14.9 Å². The van der Waals surface area contributed by atoms with Crippen LogP contribution in [0.4, 0.5) is 5.69 Å². The average Bonchev–Trinajstić information content (AvgIpc) is 2.49. The van der Waals surface area contributed by atoms with Gasteiger partial charge in [0.05, 0.1) is 12.8 Å². The minimum Gasteiger partial charge on any atom is -0.495 e. The van der Waals surface area contributed by atoms with Crippen LogP contribution < -0.4 is 14.2 Å². The van der Waals surface area contributed by atoms with E-state index in [4.69, 9.17) is 8.92 Å². The summed E-state index contributed by atoms with van der Waals surface area (Å²) < 4.78 is 34.9. The number of ether oxygens (including phenoxy) is 1. The molecule has 0 aliphatic rings. The summed E-state index contributed by atoms with van der Waals surface area (Å²) in [5.41, 5.74) is 1.25. The number of benzene rings is 2. The topological polar surface area (TPSA) is 81.7 Å². The Balaban J connectivity index is 2.35. The predicted octanol–water partition coefficient (Wildman–Crippen LogP) is 2.73. The maximum atomic E-state index is 12.3. The van der Waals surface area contributed by atoms with Gasteiger partial charge in [0, 0.05) is 6.92 Å². The molecule has 6 nitrogen and oxygen atoms in total. The van der Waals surface area contributed by atoms with Crippen LogP contribution >= 0.6 is 0 Å². The molecule has 23 heavy (non-hydrogen) atoms. The molecule has 1 amide bonds. The van der Waals surface area contributed by atoms with Gasteiger partial charge < -0.3 is 14.2 Å². The number of hydrogen-bond donors (Lipinski definition) is 1. The van der Waals surface area contributed by atoms with Gasteiger partial charge in [0.15, 0.2) is 0 Å². The smallest absolute Gasteiger partial charge is 0.339 e. The highest BCUT2D eigenvalue weighted by Crippen LogP contribution is 2.29. The SMILES string of the molecule is COc1ccc(S(=O)(=O)Oc2ccc(C)cc2)cc1NC(C)=O. The van der Waals surface area contributed by atoms with Gasteiger partial charge in [-0.25, -0.2) is 0 Å². The first-order valence-corrected chi connectivity index (χ1v) is 8.19. The Morgan fingerprint density at radius 2 is 1.74 bits per heavy atom. The molecule has 0 spiro atoms. The second-order valence-corrected chi connectivity index (χ2v) is 6.44. The molecule has 0 saturated carbocycles. The third-order valence-electron chi connectivity index (χ3n) is 3.00. The Hall–Kier alpha value is -2.54. The molecule has 2 aromatic carbocycles. The van der Waals surface area contributed by atoms with Gasteiger partial charge in [-0.1, -0.05) is 17.7 Å². The summed E-state index contributed by atoms with van der Waals surface area (Å²) in [4.78, 5) is 11.1. The number of methoxy groups -OCH3 is 1. The van der Waals surface area contributed by atoms with Crippen LogP contribution in [0.1, 0.15) is 12.5 Å². The van der Waals surface area contributed by atoms with Crippen LogP contribution in [0.3, 0.4) is 0 Å². The molecule has 0 saturated heterocycles. The Bertz CT molecular complexity index is 813. The van der Waals surface area contributed by atoms with E-state index in [1.807, 2.05) is 6.92 Å². The summed E-state index contributed by atoms with van der Waals surface area (Å²) in [7, 11) is -2.59. The highest BCUT2D eigenvalue weighted by Gasteiger charge is 2.19. The van der Waals surface area contributed by atoms with Crippen LogP contribution in [-0.4, -0.2) is 21.4 Å². The summed E-state index contributed by atoms with van der Waals surface area (Å²) in [5, 5.41) is 2.52. The van der Waals surface area contributed by atoms with Crippen molar-refractivity contribution in [2.45, 2.75) is 18.7 Å². The first-order chi connectivity index (χ1) is 10.8. The van der Waals surface area contributed by atoms with E-state index >= 15 is 0 Å². The van der Waals surface area contributed by atoms with Gasteiger partial charge in [0.25, 0.3) is 0 Å². The van der Waals surface area contributed by atoms with Crippen molar-refractivity contribution in [2.75, 3.05) is 12.4 Å². The molecule has 0 heterocycles. The lowest BCUT2D eigenvalue weighted by atomic mass is 10.2. The number of amides is 1. The van der Waals surface area contributed by atoms with Crippen LogP contribution in [0, 0.1) is 6.92 Å². The van der Waals surface area contributed by atoms with Gasteiger partial charge in [-0.3, -0.25) is 4.79 Å². The zero-order valence-corrected chi connectivity index (χ0v) is 13.8. The minimum atomic E-state index is -4.02. The highest BCUT2D eigenvalue weighted by atomic mass is 32.2. The van der Waals surface area contributed by atoms with Crippen molar-refractivity contribution in [1.29, 1.82) is 0 Å². The molecule has 122 valence electrons. The largest absolute Gasteiger partial charge is 0.495 e. The maximum absolute atomic E-state index is 12.3. The molecule has 0 unspecified atom stereocenters. The van der Waals surface area contributed by atoms with Crippen molar-refractivity contribution in [2.24, 2.45) is 0 Å². The summed E-state index contributed by atoms with van der Waals surface area (Å²) in [6.45, 7) is 3.21. The summed E-state index contributed by atoms with van der Waals surface area (Å²) in [6.07, 6.45) is 0. The molecule has 0 atom stereocenters. The van der Waals surface area contributed by atoms with Gasteiger partial charge in [-0.15, -0.1) is 0 Å². The lowest BCUT2D eigenvalue weighted by Crippen LogP contribution is -2.12. The van der Waals surface area contributed by atoms with E-state index in [-0.39, 0.29) is 22.2 Å². The Morgan fingerprint density at radius 3 is 2.30 bits per heavy atom. The predicted molar refractivity (Wildman–Crippen MR) is 86.3 cm³/mol. The zero-order chi connectivity index (χ0) is 17.0. The third-order valence-corrected chi connectivity index (χ3v) is 4.24. The molecule has 7 heteroatoms. The fourth-order valence-corrected chi connectivity index (χ4v) is 2.86. The monoisotopic (exact) mass is 335 g/mol. The molecule has 0 aliphatic heterocycles. The lowest BCUT2D eigenvalue weighted by Gasteiger charge is -2.12. The van der Waals surface area contributed by atoms with Crippen molar-refractivity contribution in [1.82, 2.24) is 0 Å². The minimum absolute atomic E-state index is 0.0809. The van der Waals surface area contributed by atoms with E-state index in [1.54, 1.807) is 24.3 Å². The van der Waals surface area contributed by atoms with Crippen LogP contribution in [0.5, 0.6) is 11.5 Å². The number of hydrogen-bond acceptors (Lipinski definition) is 5. The molecule has 2 aromatic rings. The van der Waals surface area contributed by atoms with Crippen LogP contribution in [0.25, 0.3) is 0 Å². The number of carbonyl (C=O) groups excluding carboxylic acids is 1. The maximum Gasteiger partial charge on any atom is 0.339 e. The van der Waals surface area contributed by atoms with Crippen molar-refractivity contribution >= 4 is 21.7 Å². The molecule has 0 aromatic heterocycles. The number of nitrogens with one attached hydrogen (secondary N) is 1. The van der Waals surface area contributed by atoms with Gasteiger partial charge in [-0.05, 0) is 37.3 Å². The van der Waals surface area contributed by atoms with E-state index < -0.39 is 10.1 Å². The normalized spacial score (nSPS) is 10.9. The standard InChI is InChI=1S/C16H17NO5S/c1-11-4-6-13(7-5-11)22-23(19,20)14-8-9-16(21-3)15(10-14)17-12(2)18/h4-10H,1-3H3,(H,17,18). The molecule has 2 rings (SSSR count). The molecule has 0 bridgehead atoms. The van der Waals surface area contributed by atoms with E-state index in [2.05, 4.69) is 5.32 Å². The Morgan fingerprint density at radius 1 is 1.09 bits per heavy atom. The fourth-order valence-electron chi connectivity index (χ4n) is 1.90. The highest BCUT2D eigenvalue weighted by molar-refractivity contribution is 7.87. The second-order valence-electron chi connectivity index (χ2n) is 4.89. The van der Waals surface area contributed by atoms with Gasteiger partial charge in [-0.2, -0.15) is 8.42 Å². The first kappa shape index (κ1) is 16.8. The summed E-state index contributed by atoms with van der Waals surface area (Å²) >= 11 is 0. The van der Waals surface area contributed by atoms with E-state index in [0.29, 0.717) is 5.75 Å². The van der Waals surface area contributed by atoms with Crippen LogP contribution in [0.2, 0.25) is 0 Å². The molecule has 1 N–H and O–H groups in total. The lowest BCUT2D eigenvalue weighted by molar-refractivity contribution is -0.114. The van der Waals surface area contributed by atoms with Crippen molar-refractivity contribution < 1.29 is 22.1 Å². The van der Waals surface area contributed by atoms with Crippen LogP contribution in [0.15, 0.2) is 47.4 Å². The van der Waals surface area contributed by atoms with Gasteiger partial charge in [0.1, 0.15) is 16.4 Å². The second kappa shape index (κ2) is 6.70. The van der Waals surface area contributed by atoms with Gasteiger partial charge >= 0.3 is 10.1 Å². The van der Waals surface area contributed by atoms with Crippen molar-refractivity contribution in [3.05, 3.63) is 48.0 Å². The molecule has 0 radical (unpaired) electrons. The van der Waals surface area contributed by atoms with E-state index in [0.717, 1.165) is 5.56 Å². The zero-order valence-electron chi connectivity index (χ0n) is 13.0. The molecular weight excluding hydrogens is 318 g/mol. The fraction of sp³-hybridized carbons (Fsp3) is 0.188. The number of anilines is 1. The number of rotatable bonds is 5. The van der Waals surface area contributed by atoms with E-state index in [1.165, 1.54) is 32.2 Å². The third kappa shape index (κ3) is 4.23. The Labute approximate surface area is 135 Å². The summed E-state index contributed by atoms with van der Waals surface area (Å²) in [5.74, 6) is 0.235. The van der Waals surface area contributed by atoms with E-state index in [9.17, 15) is 13.2 Å². The molecule has 0 aliphatic carbocycles. The Kier molecular flexibility index (Phi) is 4.90. The summed E-state index contributed by atoms with van der Waals surface area (Å²) in [6, 6.07) is 10.8. The van der Waals surface area contributed by atoms with Crippen molar-refractivity contribution in [3.8, 4) is 11.5 Å². The average molecular weight is 335 g/mol. The molecule has 0 fully saturated rings.